The lowest BCUT2D eigenvalue weighted by Gasteiger charge is -2.39. The van der Waals surface area contributed by atoms with Crippen LogP contribution in [0.3, 0.4) is 0 Å². The molecule has 0 saturated heterocycles. The van der Waals surface area contributed by atoms with Gasteiger partial charge in [-0.05, 0) is 46.7 Å². The number of aromatic nitrogens is 1. The molecule has 4 heteroatoms. The summed E-state index contributed by atoms with van der Waals surface area (Å²) in [5.41, 5.74) is 1.10. The summed E-state index contributed by atoms with van der Waals surface area (Å²) in [7, 11) is 0. The molecule has 3 rings (SSSR count). The van der Waals surface area contributed by atoms with Crippen LogP contribution in [-0.2, 0) is 0 Å². The normalized spacial score (nSPS) is 27.5. The lowest BCUT2D eigenvalue weighted by Crippen LogP contribution is -2.37. The second-order valence-electron chi connectivity index (χ2n) is 6.59. The molecule has 0 spiro atoms. The maximum Gasteiger partial charge on any atom is 0.143 e. The summed E-state index contributed by atoms with van der Waals surface area (Å²) in [4.78, 5) is 4.24. The predicted octanol–water partition coefficient (Wildman–Crippen LogP) is 6.05. The van der Waals surface area contributed by atoms with Gasteiger partial charge in [0.05, 0.1) is 16.4 Å². The third-order valence-electron chi connectivity index (χ3n) is 5.22. The summed E-state index contributed by atoms with van der Waals surface area (Å²) in [6, 6.07) is 2.67. The van der Waals surface area contributed by atoms with E-state index in [9.17, 15) is 0 Å². The molecule has 0 radical (unpaired) electrons. The largest absolute Gasteiger partial charge is 0.381 e. The molecule has 1 aromatic heterocycles. The molecular weight excluding hydrogens is 348 g/mol. The molecule has 0 bridgehead atoms. The number of rotatable bonds is 3. The lowest BCUT2D eigenvalue weighted by atomic mass is 9.71. The van der Waals surface area contributed by atoms with Crippen molar-refractivity contribution in [1.82, 2.24) is 4.98 Å². The van der Waals surface area contributed by atoms with E-state index in [0.717, 1.165) is 22.0 Å². The second kappa shape index (κ2) is 7.32. The average Bonchev–Trinajstić information content (AvgIpc) is 2.52. The second-order valence-corrected chi connectivity index (χ2v) is 7.81. The maximum atomic E-state index is 5.99. The topological polar surface area (TPSA) is 24.9 Å². The van der Waals surface area contributed by atoms with Crippen molar-refractivity contribution in [2.75, 3.05) is 5.32 Å². The van der Waals surface area contributed by atoms with E-state index >= 15 is 0 Å². The van der Waals surface area contributed by atoms with Crippen LogP contribution in [0, 0.1) is 11.8 Å². The minimum absolute atomic E-state index is 0.535. The molecule has 0 aliphatic heterocycles. The molecule has 2 saturated carbocycles. The zero-order valence-corrected chi connectivity index (χ0v) is 14.8. The molecule has 2 atom stereocenters. The standard InChI is InChI=1S/C17H24BrClN2/c18-15-10-13(11-20-17(15)19)21-16-9-5-4-8-14(16)12-6-2-1-3-7-12/h10-12,14,16,21H,1-9H2. The van der Waals surface area contributed by atoms with Crippen molar-refractivity contribution in [2.45, 2.75) is 63.8 Å². The first kappa shape index (κ1) is 15.6. The monoisotopic (exact) mass is 370 g/mol. The van der Waals surface area contributed by atoms with E-state index in [1.165, 1.54) is 57.8 Å². The average molecular weight is 372 g/mol. The van der Waals surface area contributed by atoms with Gasteiger partial charge in [0, 0.05) is 6.04 Å². The van der Waals surface area contributed by atoms with Crippen LogP contribution in [0.5, 0.6) is 0 Å². The Morgan fingerprint density at radius 3 is 2.52 bits per heavy atom. The van der Waals surface area contributed by atoms with Gasteiger partial charge >= 0.3 is 0 Å². The Labute approximate surface area is 141 Å². The Morgan fingerprint density at radius 2 is 1.76 bits per heavy atom. The highest BCUT2D eigenvalue weighted by Gasteiger charge is 2.32. The number of hydrogen-bond acceptors (Lipinski definition) is 2. The SMILES string of the molecule is Clc1ncc(NC2CCCCC2C2CCCCC2)cc1Br. The molecule has 0 aromatic carbocycles. The first-order chi connectivity index (χ1) is 10.2. The fourth-order valence-corrected chi connectivity index (χ4v) is 4.63. The van der Waals surface area contributed by atoms with Gasteiger partial charge in [0.25, 0.3) is 0 Å². The van der Waals surface area contributed by atoms with E-state index in [1.807, 2.05) is 6.20 Å². The third kappa shape index (κ3) is 3.92. The van der Waals surface area contributed by atoms with E-state index < -0.39 is 0 Å². The smallest absolute Gasteiger partial charge is 0.143 e. The summed E-state index contributed by atoms with van der Waals surface area (Å²) in [6.45, 7) is 0. The highest BCUT2D eigenvalue weighted by atomic mass is 79.9. The predicted molar refractivity (Wildman–Crippen MR) is 92.9 cm³/mol. The zero-order valence-electron chi connectivity index (χ0n) is 12.5. The van der Waals surface area contributed by atoms with Crippen LogP contribution in [-0.4, -0.2) is 11.0 Å². The molecule has 2 aliphatic rings. The zero-order chi connectivity index (χ0) is 14.7. The van der Waals surface area contributed by atoms with Crippen molar-refractivity contribution in [1.29, 1.82) is 0 Å². The molecule has 2 unspecified atom stereocenters. The Hall–Kier alpha value is -0.280. The molecule has 2 fully saturated rings. The van der Waals surface area contributed by atoms with Gasteiger partial charge in [0.15, 0.2) is 0 Å². The summed E-state index contributed by atoms with van der Waals surface area (Å²) < 4.78 is 0.874. The number of hydrogen-bond donors (Lipinski definition) is 1. The van der Waals surface area contributed by atoms with Crippen LogP contribution in [0.1, 0.15) is 57.8 Å². The van der Waals surface area contributed by atoms with Crippen molar-refractivity contribution < 1.29 is 0 Å². The Morgan fingerprint density at radius 1 is 1.05 bits per heavy atom. The Bertz CT molecular complexity index is 474. The van der Waals surface area contributed by atoms with Crippen LogP contribution in [0.2, 0.25) is 5.15 Å². The van der Waals surface area contributed by atoms with Crippen molar-refractivity contribution in [2.24, 2.45) is 11.8 Å². The first-order valence-electron chi connectivity index (χ1n) is 8.31. The Balaban J connectivity index is 1.69. The van der Waals surface area contributed by atoms with Gasteiger partial charge in [-0.3, -0.25) is 0 Å². The van der Waals surface area contributed by atoms with Crippen molar-refractivity contribution in [3.8, 4) is 0 Å². The minimum Gasteiger partial charge on any atom is -0.381 e. The molecule has 2 nitrogen and oxygen atoms in total. The van der Waals surface area contributed by atoms with Gasteiger partial charge in [-0.25, -0.2) is 4.98 Å². The summed E-state index contributed by atoms with van der Waals surface area (Å²) >= 11 is 9.46. The first-order valence-corrected chi connectivity index (χ1v) is 9.49. The van der Waals surface area contributed by atoms with E-state index in [4.69, 9.17) is 11.6 Å². The molecular formula is C17H24BrClN2. The van der Waals surface area contributed by atoms with E-state index in [2.05, 4.69) is 32.3 Å². The fourth-order valence-electron chi connectivity index (χ4n) is 4.18. The van der Waals surface area contributed by atoms with Gasteiger partial charge in [-0.15, -0.1) is 0 Å². The minimum atomic E-state index is 0.535. The number of halogens is 2. The van der Waals surface area contributed by atoms with Crippen molar-refractivity contribution in [3.63, 3.8) is 0 Å². The summed E-state index contributed by atoms with van der Waals surface area (Å²) in [5.74, 6) is 1.77. The van der Waals surface area contributed by atoms with Gasteiger partial charge in [-0.1, -0.05) is 56.5 Å². The highest BCUT2D eigenvalue weighted by molar-refractivity contribution is 9.10. The molecule has 0 amide bonds. The van der Waals surface area contributed by atoms with Crippen LogP contribution in [0.25, 0.3) is 0 Å². The van der Waals surface area contributed by atoms with Crippen LogP contribution in [0.15, 0.2) is 16.7 Å². The quantitative estimate of drug-likeness (QED) is 0.654. The number of pyridine rings is 1. The summed E-state index contributed by atoms with van der Waals surface area (Å²) in [6.07, 6.45) is 14.5. The van der Waals surface area contributed by atoms with Crippen LogP contribution in [0.4, 0.5) is 5.69 Å². The number of anilines is 1. The van der Waals surface area contributed by atoms with Crippen molar-refractivity contribution >= 4 is 33.2 Å². The summed E-state index contributed by atoms with van der Waals surface area (Å²) in [5, 5.41) is 4.28. The van der Waals surface area contributed by atoms with Crippen LogP contribution < -0.4 is 5.32 Å². The maximum absolute atomic E-state index is 5.99. The van der Waals surface area contributed by atoms with Gasteiger partial charge in [0.1, 0.15) is 5.15 Å². The van der Waals surface area contributed by atoms with Crippen molar-refractivity contribution in [3.05, 3.63) is 21.9 Å². The van der Waals surface area contributed by atoms with Gasteiger partial charge in [-0.2, -0.15) is 0 Å². The Kier molecular flexibility index (Phi) is 5.44. The van der Waals surface area contributed by atoms with Gasteiger partial charge < -0.3 is 5.32 Å². The number of nitrogens with zero attached hydrogens (tertiary/aromatic N) is 1. The van der Waals surface area contributed by atoms with E-state index in [0.29, 0.717) is 11.2 Å². The molecule has 21 heavy (non-hydrogen) atoms. The van der Waals surface area contributed by atoms with Crippen LogP contribution >= 0.6 is 27.5 Å². The highest BCUT2D eigenvalue weighted by Crippen LogP contribution is 2.39. The molecule has 1 N–H and O–H groups in total. The van der Waals surface area contributed by atoms with E-state index in [-0.39, 0.29) is 0 Å². The lowest BCUT2D eigenvalue weighted by molar-refractivity contribution is 0.180. The van der Waals surface area contributed by atoms with Gasteiger partial charge in [0.2, 0.25) is 0 Å². The molecule has 116 valence electrons. The van der Waals surface area contributed by atoms with E-state index in [1.54, 1.807) is 0 Å². The molecule has 2 aliphatic carbocycles. The molecule has 1 heterocycles. The fraction of sp³-hybridized carbons (Fsp3) is 0.706. The third-order valence-corrected chi connectivity index (χ3v) is 6.36. The molecule has 1 aromatic rings. The number of nitrogens with one attached hydrogen (secondary N) is 1.